The molecule has 10 nitrogen and oxygen atoms in total. The molecule has 1 aromatic heterocycles. The summed E-state index contributed by atoms with van der Waals surface area (Å²) in [6.45, 7) is 8.25. The van der Waals surface area contributed by atoms with Gasteiger partial charge in [-0.15, -0.1) is 0 Å². The molecule has 0 atom stereocenters. The number of hydrogen-bond acceptors (Lipinski definition) is 6. The summed E-state index contributed by atoms with van der Waals surface area (Å²) in [5.41, 5.74) is 2.51. The zero-order valence-electron chi connectivity index (χ0n) is 21.1. The molecule has 3 rings (SSSR count). The Morgan fingerprint density at radius 1 is 1.14 bits per heavy atom. The van der Waals surface area contributed by atoms with Gasteiger partial charge in [0.25, 0.3) is 11.6 Å². The van der Waals surface area contributed by atoms with Crippen molar-refractivity contribution >= 4 is 23.3 Å². The van der Waals surface area contributed by atoms with Gasteiger partial charge in [-0.2, -0.15) is 5.10 Å². The van der Waals surface area contributed by atoms with Gasteiger partial charge in [-0.25, -0.2) is 4.68 Å². The van der Waals surface area contributed by atoms with Crippen molar-refractivity contribution in [2.75, 3.05) is 32.1 Å². The number of nitrogens with one attached hydrogen (secondary N) is 1. The molecule has 0 radical (unpaired) electrons. The fourth-order valence-corrected chi connectivity index (χ4v) is 3.54. The highest BCUT2D eigenvalue weighted by atomic mass is 16.6. The Hall–Kier alpha value is -4.05. The average molecular weight is 494 g/mol. The molecule has 190 valence electrons. The van der Waals surface area contributed by atoms with E-state index >= 15 is 0 Å². The van der Waals surface area contributed by atoms with E-state index in [1.54, 1.807) is 4.68 Å². The van der Waals surface area contributed by atoms with E-state index < -0.39 is 16.7 Å². The van der Waals surface area contributed by atoms with Crippen LogP contribution in [0.4, 0.5) is 11.5 Å². The van der Waals surface area contributed by atoms with E-state index in [-0.39, 0.29) is 36.4 Å². The minimum atomic E-state index is -0.534. The van der Waals surface area contributed by atoms with Gasteiger partial charge in [-0.05, 0) is 30.7 Å². The first-order valence-corrected chi connectivity index (χ1v) is 11.5. The number of aryl methyl sites for hydroxylation is 1. The molecule has 0 aliphatic rings. The third kappa shape index (κ3) is 6.33. The van der Waals surface area contributed by atoms with Gasteiger partial charge in [-0.3, -0.25) is 19.7 Å². The normalized spacial score (nSPS) is 11.2. The Bertz CT molecular complexity index is 1240. The van der Waals surface area contributed by atoms with Gasteiger partial charge < -0.3 is 15.0 Å². The molecule has 0 saturated heterocycles. The number of anilines is 1. The van der Waals surface area contributed by atoms with Crippen LogP contribution in [0.3, 0.4) is 0 Å². The fourth-order valence-electron chi connectivity index (χ4n) is 3.54. The van der Waals surface area contributed by atoms with Gasteiger partial charge in [-0.1, -0.05) is 39.0 Å². The van der Waals surface area contributed by atoms with Crippen LogP contribution in [0.1, 0.15) is 42.4 Å². The summed E-state index contributed by atoms with van der Waals surface area (Å²) < 4.78 is 6.81. The maximum Gasteiger partial charge on any atom is 0.269 e. The molecule has 36 heavy (non-hydrogen) atoms. The highest BCUT2D eigenvalue weighted by molar-refractivity contribution is 5.99. The summed E-state index contributed by atoms with van der Waals surface area (Å²) in [7, 11) is 1.50. The van der Waals surface area contributed by atoms with Crippen LogP contribution in [0.25, 0.3) is 5.69 Å². The Kier molecular flexibility index (Phi) is 8.21. The van der Waals surface area contributed by atoms with Crippen LogP contribution in [-0.4, -0.2) is 58.2 Å². The molecular formula is C26H31N5O5. The average Bonchev–Trinajstić information content (AvgIpc) is 3.25. The number of ether oxygens (including phenoxy) is 1. The van der Waals surface area contributed by atoms with Crippen molar-refractivity contribution in [3.63, 3.8) is 0 Å². The van der Waals surface area contributed by atoms with E-state index in [0.717, 1.165) is 16.9 Å². The second-order valence-electron chi connectivity index (χ2n) is 9.43. The van der Waals surface area contributed by atoms with Crippen molar-refractivity contribution in [3.8, 4) is 5.69 Å². The fraction of sp³-hybridized carbons (Fsp3) is 0.346. The second kappa shape index (κ2) is 11.1. The van der Waals surface area contributed by atoms with Crippen LogP contribution in [-0.2, 0) is 14.9 Å². The maximum atomic E-state index is 13.1. The lowest BCUT2D eigenvalue weighted by molar-refractivity contribution is -0.384. The summed E-state index contributed by atoms with van der Waals surface area (Å²) in [5, 5.41) is 18.6. The summed E-state index contributed by atoms with van der Waals surface area (Å²) in [5.74, 6) is -0.342. The van der Waals surface area contributed by atoms with E-state index in [4.69, 9.17) is 9.84 Å². The Morgan fingerprint density at radius 2 is 1.81 bits per heavy atom. The molecule has 2 aromatic carbocycles. The molecule has 1 N–H and O–H groups in total. The molecule has 2 amide bonds. The first-order chi connectivity index (χ1) is 17.0. The predicted molar refractivity (Wildman–Crippen MR) is 137 cm³/mol. The molecule has 0 spiro atoms. The van der Waals surface area contributed by atoms with Crippen molar-refractivity contribution in [1.82, 2.24) is 14.7 Å². The van der Waals surface area contributed by atoms with Gasteiger partial charge in [0.05, 0.1) is 22.9 Å². The summed E-state index contributed by atoms with van der Waals surface area (Å²) in [4.78, 5) is 37.9. The quantitative estimate of drug-likeness (QED) is 0.354. The number of carbonyl (C=O) groups is 2. The number of hydrogen-bond donors (Lipinski definition) is 1. The molecule has 0 aliphatic carbocycles. The van der Waals surface area contributed by atoms with E-state index in [1.165, 1.54) is 36.3 Å². The van der Waals surface area contributed by atoms with Crippen molar-refractivity contribution in [2.24, 2.45) is 0 Å². The minimum Gasteiger partial charge on any atom is -0.383 e. The Labute approximate surface area is 210 Å². The van der Waals surface area contributed by atoms with Crippen molar-refractivity contribution in [3.05, 3.63) is 81.5 Å². The molecule has 0 unspecified atom stereocenters. The van der Waals surface area contributed by atoms with Crippen molar-refractivity contribution in [2.45, 2.75) is 33.1 Å². The number of benzene rings is 2. The Morgan fingerprint density at radius 3 is 2.39 bits per heavy atom. The van der Waals surface area contributed by atoms with E-state index in [1.807, 2.05) is 58.0 Å². The highest BCUT2D eigenvalue weighted by Crippen LogP contribution is 2.27. The molecule has 10 heteroatoms. The summed E-state index contributed by atoms with van der Waals surface area (Å²) in [6, 6.07) is 14.8. The number of amides is 2. The molecule has 0 aliphatic heterocycles. The van der Waals surface area contributed by atoms with Gasteiger partial charge in [0.15, 0.2) is 0 Å². The number of nitrogens with zero attached hydrogens (tertiary/aromatic N) is 4. The van der Waals surface area contributed by atoms with Crippen LogP contribution >= 0.6 is 0 Å². The number of non-ortho nitro benzene ring substituents is 1. The monoisotopic (exact) mass is 493 g/mol. The lowest BCUT2D eigenvalue weighted by atomic mass is 9.92. The topological polar surface area (TPSA) is 120 Å². The van der Waals surface area contributed by atoms with Gasteiger partial charge in [0, 0.05) is 42.8 Å². The van der Waals surface area contributed by atoms with Crippen LogP contribution in [0, 0.1) is 17.0 Å². The molecule has 0 bridgehead atoms. The van der Waals surface area contributed by atoms with Gasteiger partial charge in [0.1, 0.15) is 12.4 Å². The lowest BCUT2D eigenvalue weighted by Gasteiger charge is -2.22. The summed E-state index contributed by atoms with van der Waals surface area (Å²) in [6.07, 6.45) is 0. The number of nitro groups is 1. The number of para-hydroxylation sites is 1. The van der Waals surface area contributed by atoms with E-state index in [0.29, 0.717) is 5.82 Å². The third-order valence-corrected chi connectivity index (χ3v) is 5.60. The molecule has 0 saturated carbocycles. The number of aromatic nitrogens is 2. The number of carbonyl (C=O) groups excluding carboxylic acids is 2. The van der Waals surface area contributed by atoms with E-state index in [9.17, 15) is 19.7 Å². The van der Waals surface area contributed by atoms with Crippen molar-refractivity contribution < 1.29 is 19.2 Å². The summed E-state index contributed by atoms with van der Waals surface area (Å²) >= 11 is 0. The SMILES string of the molecule is COCCN(CC(=O)Nc1cc(C(C)(C)C)nn1-c1ccccc1C)C(=O)c1ccc([N+](=O)[O-])cc1. The predicted octanol–water partition coefficient (Wildman–Crippen LogP) is 4.11. The maximum absolute atomic E-state index is 13.1. The van der Waals surface area contributed by atoms with Crippen LogP contribution < -0.4 is 5.32 Å². The zero-order valence-corrected chi connectivity index (χ0v) is 21.1. The van der Waals surface area contributed by atoms with Crippen LogP contribution in [0.15, 0.2) is 54.6 Å². The smallest absolute Gasteiger partial charge is 0.269 e. The van der Waals surface area contributed by atoms with E-state index in [2.05, 4.69) is 5.32 Å². The van der Waals surface area contributed by atoms with Crippen LogP contribution in [0.2, 0.25) is 0 Å². The highest BCUT2D eigenvalue weighted by Gasteiger charge is 2.24. The molecular weight excluding hydrogens is 462 g/mol. The van der Waals surface area contributed by atoms with Gasteiger partial charge in [0.2, 0.25) is 5.91 Å². The first-order valence-electron chi connectivity index (χ1n) is 11.5. The largest absolute Gasteiger partial charge is 0.383 e. The second-order valence-corrected chi connectivity index (χ2v) is 9.43. The standard InChI is InChI=1S/C26H31N5O5/c1-18-8-6-7-9-21(18)30-23(16-22(28-30)26(2,3)4)27-24(32)17-29(14-15-36-5)25(33)19-10-12-20(13-11-19)31(34)35/h6-13,16H,14-15,17H2,1-5H3,(H,27,32). The van der Waals surface area contributed by atoms with Crippen molar-refractivity contribution in [1.29, 1.82) is 0 Å². The minimum absolute atomic E-state index is 0.119. The molecule has 0 fully saturated rings. The number of nitro benzene ring substituents is 1. The number of rotatable bonds is 9. The van der Waals surface area contributed by atoms with Crippen LogP contribution in [0.5, 0.6) is 0 Å². The molecule has 3 aromatic rings. The first kappa shape index (κ1) is 26.6. The van der Waals surface area contributed by atoms with Gasteiger partial charge >= 0.3 is 0 Å². The zero-order chi connectivity index (χ0) is 26.5. The number of methoxy groups -OCH3 is 1. The Balaban J connectivity index is 1.86. The lowest BCUT2D eigenvalue weighted by Crippen LogP contribution is -2.40. The third-order valence-electron chi connectivity index (χ3n) is 5.60. The molecule has 1 heterocycles.